The maximum Gasteiger partial charge on any atom is 0.409 e. The molecule has 3 nitrogen and oxygen atoms in total. The standard InChI is InChI=1S/C19H21F3N2O/c1-12(2)11-16-14-6-4-3-5-13(14)7-8-15(16)18(19(20,21)22)24-10-9-17(25)23-24/h3-8,12,18H,9-11H2,1-2H3,(H,23,25)/t18-/m0/s1. The quantitative estimate of drug-likeness (QED) is 0.888. The Morgan fingerprint density at radius 2 is 1.88 bits per heavy atom. The Bertz CT molecular complexity index is 786. The Hall–Kier alpha value is -2.08. The summed E-state index contributed by atoms with van der Waals surface area (Å²) in [6.45, 7) is 4.04. The van der Waals surface area contributed by atoms with E-state index in [2.05, 4.69) is 5.43 Å². The lowest BCUT2D eigenvalue weighted by atomic mass is 9.89. The highest BCUT2D eigenvalue weighted by Gasteiger charge is 2.47. The number of amides is 1. The van der Waals surface area contributed by atoms with Crippen molar-refractivity contribution >= 4 is 16.7 Å². The third-order valence-corrected chi connectivity index (χ3v) is 4.45. The molecule has 3 rings (SSSR count). The maximum atomic E-state index is 13.9. The van der Waals surface area contributed by atoms with Crippen LogP contribution in [0.4, 0.5) is 13.2 Å². The summed E-state index contributed by atoms with van der Waals surface area (Å²) in [6.07, 6.45) is -3.85. The first-order chi connectivity index (χ1) is 11.8. The van der Waals surface area contributed by atoms with E-state index in [1.807, 2.05) is 38.1 Å². The smallest absolute Gasteiger partial charge is 0.288 e. The van der Waals surface area contributed by atoms with Crippen LogP contribution in [0.5, 0.6) is 0 Å². The second-order valence-electron chi connectivity index (χ2n) is 6.87. The fourth-order valence-corrected chi connectivity index (χ4v) is 3.45. The van der Waals surface area contributed by atoms with Crippen LogP contribution < -0.4 is 5.43 Å². The zero-order valence-electron chi connectivity index (χ0n) is 14.2. The van der Waals surface area contributed by atoms with Gasteiger partial charge in [0, 0.05) is 13.0 Å². The maximum absolute atomic E-state index is 13.9. The van der Waals surface area contributed by atoms with Gasteiger partial charge in [0.15, 0.2) is 0 Å². The summed E-state index contributed by atoms with van der Waals surface area (Å²) >= 11 is 0. The third kappa shape index (κ3) is 3.63. The van der Waals surface area contributed by atoms with Crippen molar-refractivity contribution < 1.29 is 18.0 Å². The van der Waals surface area contributed by atoms with Gasteiger partial charge in [0.25, 0.3) is 0 Å². The van der Waals surface area contributed by atoms with Gasteiger partial charge in [-0.1, -0.05) is 50.2 Å². The van der Waals surface area contributed by atoms with E-state index in [1.54, 1.807) is 12.1 Å². The molecule has 0 aromatic heterocycles. The van der Waals surface area contributed by atoms with E-state index in [-0.39, 0.29) is 30.4 Å². The van der Waals surface area contributed by atoms with Gasteiger partial charge in [-0.25, -0.2) is 5.01 Å². The van der Waals surface area contributed by atoms with E-state index in [9.17, 15) is 18.0 Å². The molecule has 25 heavy (non-hydrogen) atoms. The average molecular weight is 350 g/mol. The van der Waals surface area contributed by atoms with Gasteiger partial charge in [-0.2, -0.15) is 13.2 Å². The Labute approximate surface area is 144 Å². The van der Waals surface area contributed by atoms with Crippen LogP contribution in [0, 0.1) is 5.92 Å². The number of carbonyl (C=O) groups excluding carboxylic acids is 1. The number of nitrogens with one attached hydrogen (secondary N) is 1. The minimum atomic E-state index is -4.48. The molecule has 134 valence electrons. The molecule has 1 atom stereocenters. The zero-order valence-corrected chi connectivity index (χ0v) is 14.2. The highest BCUT2D eigenvalue weighted by atomic mass is 19.4. The SMILES string of the molecule is CC(C)Cc1c([C@H](N2CCC(=O)N2)C(F)(F)F)ccc2ccccc12. The summed E-state index contributed by atoms with van der Waals surface area (Å²) in [5.41, 5.74) is 3.29. The van der Waals surface area contributed by atoms with Crippen LogP contribution in [0.3, 0.4) is 0 Å². The fraction of sp³-hybridized carbons (Fsp3) is 0.421. The number of halogens is 3. The van der Waals surface area contributed by atoms with E-state index in [1.165, 1.54) is 0 Å². The first kappa shape index (κ1) is 17.7. The number of carbonyl (C=O) groups is 1. The average Bonchev–Trinajstić information content (AvgIpc) is 2.93. The van der Waals surface area contributed by atoms with Crippen LogP contribution in [-0.4, -0.2) is 23.6 Å². The molecular weight excluding hydrogens is 329 g/mol. The normalized spacial score (nSPS) is 17.3. The molecule has 0 bridgehead atoms. The van der Waals surface area contributed by atoms with Crippen LogP contribution in [0.1, 0.15) is 37.4 Å². The topological polar surface area (TPSA) is 32.3 Å². The van der Waals surface area contributed by atoms with Crippen molar-refractivity contribution in [3.05, 3.63) is 47.5 Å². The van der Waals surface area contributed by atoms with Gasteiger partial charge in [-0.05, 0) is 34.2 Å². The van der Waals surface area contributed by atoms with Crippen molar-refractivity contribution in [3.63, 3.8) is 0 Å². The predicted molar refractivity (Wildman–Crippen MR) is 90.8 cm³/mol. The first-order valence-corrected chi connectivity index (χ1v) is 8.40. The molecule has 1 saturated heterocycles. The molecule has 1 N–H and O–H groups in total. The molecule has 0 radical (unpaired) electrons. The first-order valence-electron chi connectivity index (χ1n) is 8.40. The van der Waals surface area contributed by atoms with Crippen LogP contribution >= 0.6 is 0 Å². The monoisotopic (exact) mass is 350 g/mol. The molecule has 2 aromatic rings. The number of rotatable bonds is 4. The van der Waals surface area contributed by atoms with Crippen molar-refractivity contribution in [2.24, 2.45) is 5.92 Å². The molecule has 1 aliphatic heterocycles. The molecule has 1 aliphatic rings. The van der Waals surface area contributed by atoms with E-state index in [0.717, 1.165) is 15.8 Å². The Kier molecular flexibility index (Phi) is 4.73. The van der Waals surface area contributed by atoms with E-state index < -0.39 is 12.2 Å². The van der Waals surface area contributed by atoms with Gasteiger partial charge in [-0.15, -0.1) is 0 Å². The van der Waals surface area contributed by atoms with Crippen molar-refractivity contribution in [2.45, 2.75) is 38.9 Å². The molecule has 1 amide bonds. The minimum Gasteiger partial charge on any atom is -0.288 e. The highest BCUT2D eigenvalue weighted by molar-refractivity contribution is 5.87. The zero-order chi connectivity index (χ0) is 18.2. The van der Waals surface area contributed by atoms with Crippen molar-refractivity contribution in [1.29, 1.82) is 0 Å². The number of nitrogens with zero attached hydrogens (tertiary/aromatic N) is 1. The summed E-state index contributed by atoms with van der Waals surface area (Å²) in [4.78, 5) is 11.5. The number of alkyl halides is 3. The van der Waals surface area contributed by atoms with Crippen molar-refractivity contribution in [2.75, 3.05) is 6.54 Å². The number of hydrogen-bond donors (Lipinski definition) is 1. The van der Waals surface area contributed by atoms with Gasteiger partial charge >= 0.3 is 6.18 Å². The Morgan fingerprint density at radius 1 is 1.16 bits per heavy atom. The summed E-state index contributed by atoms with van der Waals surface area (Å²) < 4.78 is 41.7. The molecule has 2 aromatic carbocycles. The third-order valence-electron chi connectivity index (χ3n) is 4.45. The van der Waals surface area contributed by atoms with E-state index in [4.69, 9.17) is 0 Å². The number of fused-ring (bicyclic) bond motifs is 1. The largest absolute Gasteiger partial charge is 0.409 e. The van der Waals surface area contributed by atoms with Gasteiger partial charge in [0.2, 0.25) is 5.91 Å². The number of hydrazine groups is 1. The van der Waals surface area contributed by atoms with E-state index >= 15 is 0 Å². The predicted octanol–water partition coefficient (Wildman–Crippen LogP) is 4.38. The molecule has 0 unspecified atom stereocenters. The Balaban J connectivity index is 2.18. The number of benzene rings is 2. The summed E-state index contributed by atoms with van der Waals surface area (Å²) in [5, 5.41) is 2.79. The lowest BCUT2D eigenvalue weighted by Gasteiger charge is -2.31. The van der Waals surface area contributed by atoms with Gasteiger partial charge in [0.05, 0.1) is 0 Å². The molecule has 0 spiro atoms. The summed E-state index contributed by atoms with van der Waals surface area (Å²) in [6, 6.07) is 8.94. The summed E-state index contributed by atoms with van der Waals surface area (Å²) in [5.74, 6) is -0.160. The summed E-state index contributed by atoms with van der Waals surface area (Å²) in [7, 11) is 0. The second kappa shape index (κ2) is 6.67. The molecule has 1 fully saturated rings. The van der Waals surface area contributed by atoms with Crippen LogP contribution in [0.15, 0.2) is 36.4 Å². The molecule has 0 aliphatic carbocycles. The fourth-order valence-electron chi connectivity index (χ4n) is 3.45. The minimum absolute atomic E-state index is 0.0525. The van der Waals surface area contributed by atoms with Crippen LogP contribution in [0.25, 0.3) is 10.8 Å². The van der Waals surface area contributed by atoms with E-state index in [0.29, 0.717) is 12.0 Å². The highest BCUT2D eigenvalue weighted by Crippen LogP contribution is 2.41. The van der Waals surface area contributed by atoms with Gasteiger partial charge in [-0.3, -0.25) is 10.2 Å². The Morgan fingerprint density at radius 3 is 2.48 bits per heavy atom. The molecule has 6 heteroatoms. The van der Waals surface area contributed by atoms with Crippen LogP contribution in [0.2, 0.25) is 0 Å². The van der Waals surface area contributed by atoms with Crippen LogP contribution in [-0.2, 0) is 11.2 Å². The van der Waals surface area contributed by atoms with Gasteiger partial charge in [0.1, 0.15) is 6.04 Å². The second-order valence-corrected chi connectivity index (χ2v) is 6.87. The van der Waals surface area contributed by atoms with Crippen molar-refractivity contribution in [3.8, 4) is 0 Å². The molecular formula is C19H21F3N2O. The lowest BCUT2D eigenvalue weighted by molar-refractivity contribution is -0.191. The molecule has 1 heterocycles. The molecule has 0 saturated carbocycles. The lowest BCUT2D eigenvalue weighted by Crippen LogP contribution is -2.44. The number of hydrogen-bond acceptors (Lipinski definition) is 2. The van der Waals surface area contributed by atoms with Gasteiger partial charge < -0.3 is 0 Å². The van der Waals surface area contributed by atoms with Crippen molar-refractivity contribution in [1.82, 2.24) is 10.4 Å².